The van der Waals surface area contributed by atoms with Crippen LogP contribution < -0.4 is 15.5 Å². The van der Waals surface area contributed by atoms with E-state index in [2.05, 4.69) is 26.6 Å². The first-order valence-electron chi connectivity index (χ1n) is 7.65. The zero-order chi connectivity index (χ0) is 16.1. The highest BCUT2D eigenvalue weighted by atomic mass is 16.5. The van der Waals surface area contributed by atoms with Crippen LogP contribution in [0.5, 0.6) is 0 Å². The van der Waals surface area contributed by atoms with E-state index in [1.165, 1.54) is 6.92 Å². The Balaban J connectivity index is 1.76. The lowest BCUT2D eigenvalue weighted by atomic mass is 10.2. The summed E-state index contributed by atoms with van der Waals surface area (Å²) in [5, 5.41) is 6.05. The number of carbonyl (C=O) groups is 1. The van der Waals surface area contributed by atoms with Crippen molar-refractivity contribution in [2.75, 3.05) is 41.8 Å². The Kier molecular flexibility index (Phi) is 4.73. The number of hydrogen-bond donors (Lipinski definition) is 2. The van der Waals surface area contributed by atoms with E-state index in [-0.39, 0.29) is 5.91 Å². The molecule has 1 aliphatic rings. The van der Waals surface area contributed by atoms with E-state index in [0.717, 1.165) is 43.4 Å². The molecule has 0 radical (unpaired) electrons. The largest absolute Gasteiger partial charge is 0.378 e. The van der Waals surface area contributed by atoms with Crippen molar-refractivity contribution in [3.05, 3.63) is 42.6 Å². The fraction of sp³-hybridized carbons (Fsp3) is 0.294. The second-order valence-electron chi connectivity index (χ2n) is 5.35. The molecule has 0 spiro atoms. The van der Waals surface area contributed by atoms with Gasteiger partial charge >= 0.3 is 0 Å². The maximum atomic E-state index is 11.0. The molecule has 120 valence electrons. The fourth-order valence-corrected chi connectivity index (χ4v) is 2.54. The molecule has 6 heteroatoms. The van der Waals surface area contributed by atoms with Crippen LogP contribution in [0.3, 0.4) is 0 Å². The summed E-state index contributed by atoms with van der Waals surface area (Å²) in [5.41, 5.74) is 3.06. The normalized spacial score (nSPS) is 14.4. The molecule has 1 amide bonds. The van der Waals surface area contributed by atoms with Crippen molar-refractivity contribution in [3.8, 4) is 0 Å². The lowest BCUT2D eigenvalue weighted by molar-refractivity contribution is -0.114. The van der Waals surface area contributed by atoms with Gasteiger partial charge in [-0.25, -0.2) is 4.98 Å². The van der Waals surface area contributed by atoms with Gasteiger partial charge in [-0.3, -0.25) is 4.79 Å². The quantitative estimate of drug-likeness (QED) is 0.908. The van der Waals surface area contributed by atoms with Gasteiger partial charge in [0.2, 0.25) is 5.91 Å². The van der Waals surface area contributed by atoms with Crippen LogP contribution in [-0.2, 0) is 9.53 Å². The smallest absolute Gasteiger partial charge is 0.222 e. The second kappa shape index (κ2) is 7.11. The van der Waals surface area contributed by atoms with Crippen molar-refractivity contribution in [3.63, 3.8) is 0 Å². The number of hydrogen-bond acceptors (Lipinski definition) is 5. The number of ether oxygens (including phenoxy) is 1. The second-order valence-corrected chi connectivity index (χ2v) is 5.35. The molecule has 0 atom stereocenters. The molecule has 2 heterocycles. The van der Waals surface area contributed by atoms with E-state index in [0.29, 0.717) is 5.82 Å². The minimum absolute atomic E-state index is 0.129. The average Bonchev–Trinajstić information content (AvgIpc) is 2.57. The predicted molar refractivity (Wildman–Crippen MR) is 91.3 cm³/mol. The van der Waals surface area contributed by atoms with Crippen LogP contribution in [0.1, 0.15) is 6.92 Å². The summed E-state index contributed by atoms with van der Waals surface area (Å²) in [7, 11) is 0. The highest BCUT2D eigenvalue weighted by molar-refractivity contribution is 5.87. The van der Waals surface area contributed by atoms with Crippen LogP contribution in [0, 0.1) is 0 Å². The molecule has 1 aliphatic heterocycles. The zero-order valence-electron chi connectivity index (χ0n) is 13.1. The number of rotatable bonds is 4. The lowest BCUT2D eigenvalue weighted by Gasteiger charge is -2.30. The van der Waals surface area contributed by atoms with E-state index in [1.807, 2.05) is 24.3 Å². The fourth-order valence-electron chi connectivity index (χ4n) is 2.54. The number of nitrogens with one attached hydrogen (secondary N) is 2. The summed E-state index contributed by atoms with van der Waals surface area (Å²) < 4.78 is 5.42. The molecular formula is C17H20N4O2. The third-order valence-electron chi connectivity index (χ3n) is 3.60. The third kappa shape index (κ3) is 3.98. The van der Waals surface area contributed by atoms with Gasteiger partial charge in [0.15, 0.2) is 0 Å². The van der Waals surface area contributed by atoms with Crippen LogP contribution in [-0.4, -0.2) is 37.2 Å². The topological polar surface area (TPSA) is 66.5 Å². The van der Waals surface area contributed by atoms with Crippen molar-refractivity contribution in [2.24, 2.45) is 0 Å². The maximum absolute atomic E-state index is 11.0. The van der Waals surface area contributed by atoms with E-state index < -0.39 is 0 Å². The minimum Gasteiger partial charge on any atom is -0.378 e. The number of anilines is 4. The van der Waals surface area contributed by atoms with Gasteiger partial charge in [0, 0.05) is 20.0 Å². The van der Waals surface area contributed by atoms with E-state index in [1.54, 1.807) is 12.3 Å². The predicted octanol–water partition coefficient (Wildman–Crippen LogP) is 2.62. The number of morpholine rings is 1. The van der Waals surface area contributed by atoms with Crippen molar-refractivity contribution < 1.29 is 9.53 Å². The van der Waals surface area contributed by atoms with E-state index in [9.17, 15) is 4.79 Å². The Labute approximate surface area is 135 Å². The number of amides is 1. The van der Waals surface area contributed by atoms with Crippen molar-refractivity contribution in [1.82, 2.24) is 4.98 Å². The number of aromatic nitrogens is 1. The molecule has 2 N–H and O–H groups in total. The molecule has 0 unspecified atom stereocenters. The maximum Gasteiger partial charge on any atom is 0.222 e. The van der Waals surface area contributed by atoms with Gasteiger partial charge in [0.05, 0.1) is 36.5 Å². The first-order chi connectivity index (χ1) is 11.2. The van der Waals surface area contributed by atoms with Crippen LogP contribution in [0.15, 0.2) is 42.6 Å². The molecule has 1 aromatic heterocycles. The first-order valence-corrected chi connectivity index (χ1v) is 7.65. The van der Waals surface area contributed by atoms with Crippen LogP contribution in [0.4, 0.5) is 22.9 Å². The average molecular weight is 312 g/mol. The van der Waals surface area contributed by atoms with Gasteiger partial charge in [-0.1, -0.05) is 12.1 Å². The first kappa shape index (κ1) is 15.3. The van der Waals surface area contributed by atoms with Gasteiger partial charge in [-0.15, -0.1) is 0 Å². The molecule has 6 nitrogen and oxygen atoms in total. The van der Waals surface area contributed by atoms with Crippen molar-refractivity contribution >= 4 is 28.8 Å². The van der Waals surface area contributed by atoms with Gasteiger partial charge in [0.1, 0.15) is 5.82 Å². The Morgan fingerprint density at radius 3 is 2.65 bits per heavy atom. The molecular weight excluding hydrogens is 292 g/mol. The highest BCUT2D eigenvalue weighted by Crippen LogP contribution is 2.29. The van der Waals surface area contributed by atoms with Crippen molar-refractivity contribution in [1.29, 1.82) is 0 Å². The standard InChI is InChI=1S/C17H20N4O2/c1-13(22)19-17-7-6-14(12-18-17)20-15-4-2-3-5-16(15)21-8-10-23-11-9-21/h2-7,12,20H,8-11H2,1H3,(H,18,19,22). The van der Waals surface area contributed by atoms with Crippen molar-refractivity contribution in [2.45, 2.75) is 6.92 Å². The summed E-state index contributed by atoms with van der Waals surface area (Å²) in [4.78, 5) is 17.6. The van der Waals surface area contributed by atoms with E-state index in [4.69, 9.17) is 4.74 Å². The third-order valence-corrected chi connectivity index (χ3v) is 3.60. The monoisotopic (exact) mass is 312 g/mol. The van der Waals surface area contributed by atoms with Gasteiger partial charge in [-0.2, -0.15) is 0 Å². The molecule has 0 bridgehead atoms. The number of benzene rings is 1. The summed E-state index contributed by atoms with van der Waals surface area (Å²) >= 11 is 0. The molecule has 3 rings (SSSR count). The summed E-state index contributed by atoms with van der Waals surface area (Å²) in [6.45, 7) is 4.74. The van der Waals surface area contributed by atoms with E-state index >= 15 is 0 Å². The van der Waals surface area contributed by atoms with Crippen LogP contribution in [0.25, 0.3) is 0 Å². The van der Waals surface area contributed by atoms with Gasteiger partial charge in [0.25, 0.3) is 0 Å². The SMILES string of the molecule is CC(=O)Nc1ccc(Nc2ccccc2N2CCOCC2)cn1. The highest BCUT2D eigenvalue weighted by Gasteiger charge is 2.14. The molecule has 1 aromatic carbocycles. The number of carbonyl (C=O) groups excluding carboxylic acids is 1. The van der Waals surface area contributed by atoms with Gasteiger partial charge in [-0.05, 0) is 24.3 Å². The Morgan fingerprint density at radius 2 is 1.96 bits per heavy atom. The van der Waals surface area contributed by atoms with Gasteiger partial charge < -0.3 is 20.3 Å². The summed E-state index contributed by atoms with van der Waals surface area (Å²) in [6.07, 6.45) is 1.71. The Bertz CT molecular complexity index is 667. The minimum atomic E-state index is -0.129. The zero-order valence-corrected chi connectivity index (χ0v) is 13.1. The molecule has 23 heavy (non-hydrogen) atoms. The van der Waals surface area contributed by atoms with Crippen LogP contribution in [0.2, 0.25) is 0 Å². The Hall–Kier alpha value is -2.60. The summed E-state index contributed by atoms with van der Waals surface area (Å²) in [6, 6.07) is 11.9. The molecule has 1 saturated heterocycles. The number of nitrogens with zero attached hydrogens (tertiary/aromatic N) is 2. The summed E-state index contributed by atoms with van der Waals surface area (Å²) in [5.74, 6) is 0.417. The Morgan fingerprint density at radius 1 is 1.17 bits per heavy atom. The lowest BCUT2D eigenvalue weighted by Crippen LogP contribution is -2.36. The van der Waals surface area contributed by atoms with Crippen LogP contribution >= 0.6 is 0 Å². The molecule has 1 fully saturated rings. The molecule has 0 saturated carbocycles. The molecule has 0 aliphatic carbocycles. The number of para-hydroxylation sites is 2. The number of pyridine rings is 1. The molecule has 2 aromatic rings.